The zero-order valence-electron chi connectivity index (χ0n) is 16.7. The lowest BCUT2D eigenvalue weighted by Crippen LogP contribution is -2.38. The molecular weight excluding hydrogens is 424 g/mol. The first-order valence-corrected chi connectivity index (χ1v) is 9.58. The van der Waals surface area contributed by atoms with Gasteiger partial charge in [0.2, 0.25) is 0 Å². The van der Waals surface area contributed by atoms with E-state index in [1.54, 1.807) is 43.4 Å². The number of likely N-dealkylation sites (N-methyl/N-ethyl adjacent to an activating group) is 1. The molecule has 2 N–H and O–H groups in total. The Hall–Kier alpha value is -3.00. The van der Waals surface area contributed by atoms with Gasteiger partial charge in [-0.1, -0.05) is 36.4 Å². The third-order valence-electron chi connectivity index (χ3n) is 5.11. The average molecular weight is 446 g/mol. The summed E-state index contributed by atoms with van der Waals surface area (Å²) >= 11 is 0. The van der Waals surface area contributed by atoms with Gasteiger partial charge in [0.1, 0.15) is 17.2 Å². The fourth-order valence-corrected chi connectivity index (χ4v) is 3.87. The number of halogens is 3. The van der Waals surface area contributed by atoms with E-state index in [0.717, 1.165) is 0 Å². The van der Waals surface area contributed by atoms with Crippen molar-refractivity contribution in [3.63, 3.8) is 0 Å². The van der Waals surface area contributed by atoms with E-state index in [1.807, 2.05) is 6.07 Å². The van der Waals surface area contributed by atoms with E-state index in [1.165, 1.54) is 39.5 Å². The number of benzene rings is 3. The molecular formula is C23H22ClF2N3O2. The summed E-state index contributed by atoms with van der Waals surface area (Å²) < 4.78 is 31.6. The lowest BCUT2D eigenvalue weighted by atomic mass is 10.0. The van der Waals surface area contributed by atoms with Crippen molar-refractivity contribution in [2.45, 2.75) is 12.1 Å². The molecule has 5 nitrogen and oxygen atoms in total. The number of nitrogens with zero attached hydrogens (tertiary/aromatic N) is 2. The van der Waals surface area contributed by atoms with Gasteiger partial charge in [-0.15, -0.1) is 12.4 Å². The summed E-state index contributed by atoms with van der Waals surface area (Å²) in [5, 5.41) is 13.7. The number of rotatable bonds is 6. The molecule has 2 atom stereocenters. The van der Waals surface area contributed by atoms with Crippen LogP contribution >= 0.6 is 12.4 Å². The number of hydrogen-bond acceptors (Lipinski definition) is 3. The molecule has 1 heterocycles. The van der Waals surface area contributed by atoms with Gasteiger partial charge in [-0.05, 0) is 49.0 Å². The van der Waals surface area contributed by atoms with Crippen molar-refractivity contribution in [2.24, 2.45) is 0 Å². The molecule has 0 saturated carbocycles. The fourth-order valence-electron chi connectivity index (χ4n) is 3.87. The number of hydrogen-bond donors (Lipinski definition) is 2. The lowest BCUT2D eigenvalue weighted by molar-refractivity contribution is 0.130. The summed E-state index contributed by atoms with van der Waals surface area (Å²) in [7, 11) is 1.66. The Morgan fingerprint density at radius 1 is 1.00 bits per heavy atom. The molecule has 0 unspecified atom stereocenters. The van der Waals surface area contributed by atoms with Gasteiger partial charge in [0.15, 0.2) is 0 Å². The van der Waals surface area contributed by atoms with Crippen LogP contribution in [0.1, 0.15) is 11.6 Å². The number of aliphatic hydroxyl groups excluding tert-OH is 1. The molecule has 0 fully saturated rings. The minimum absolute atomic E-state index is 0. The number of nitrogens with one attached hydrogen (secondary N) is 1. The molecule has 3 aromatic carbocycles. The quantitative estimate of drug-likeness (QED) is 0.476. The van der Waals surface area contributed by atoms with Crippen LogP contribution in [0.3, 0.4) is 0 Å². The second-order valence-electron chi connectivity index (χ2n) is 7.06. The van der Waals surface area contributed by atoms with E-state index < -0.39 is 29.5 Å². The highest BCUT2D eigenvalue weighted by molar-refractivity contribution is 5.85. The van der Waals surface area contributed by atoms with E-state index in [4.69, 9.17) is 0 Å². The first-order valence-electron chi connectivity index (χ1n) is 9.58. The van der Waals surface area contributed by atoms with Crippen molar-refractivity contribution in [1.82, 2.24) is 14.5 Å². The fraction of sp³-hybridized carbons (Fsp3) is 0.174. The van der Waals surface area contributed by atoms with Crippen LogP contribution in [0.15, 0.2) is 77.6 Å². The van der Waals surface area contributed by atoms with Gasteiger partial charge in [0.25, 0.3) is 0 Å². The Balaban J connectivity index is 0.00000272. The lowest BCUT2D eigenvalue weighted by Gasteiger charge is -2.25. The Kier molecular flexibility index (Phi) is 6.90. The second kappa shape index (κ2) is 9.43. The van der Waals surface area contributed by atoms with Gasteiger partial charge in [0.05, 0.1) is 23.3 Å². The summed E-state index contributed by atoms with van der Waals surface area (Å²) in [5.41, 5.74) is 0.832. The van der Waals surface area contributed by atoms with Gasteiger partial charge in [-0.25, -0.2) is 13.6 Å². The van der Waals surface area contributed by atoms with Crippen LogP contribution in [-0.4, -0.2) is 33.9 Å². The maximum Gasteiger partial charge on any atom is 0.334 e. The minimum Gasteiger partial charge on any atom is -0.389 e. The highest BCUT2D eigenvalue weighted by atomic mass is 35.5. The molecule has 162 valence electrons. The van der Waals surface area contributed by atoms with Gasteiger partial charge in [-0.2, -0.15) is 0 Å². The molecule has 0 radical (unpaired) electrons. The first kappa shape index (κ1) is 22.7. The molecule has 4 rings (SSSR count). The monoisotopic (exact) mass is 445 g/mol. The Morgan fingerprint density at radius 2 is 1.71 bits per heavy atom. The number of fused-ring (bicyclic) bond motifs is 1. The van der Waals surface area contributed by atoms with Crippen molar-refractivity contribution < 1.29 is 13.9 Å². The third kappa shape index (κ3) is 4.12. The number of imidazole rings is 1. The SMILES string of the molecule is CNC[C@@H](O)[C@H](c1cccc(F)c1)n1c(=O)n(-c2ccccc2)c2cccc(F)c21.Cl. The van der Waals surface area contributed by atoms with Crippen LogP contribution in [0, 0.1) is 11.6 Å². The van der Waals surface area contributed by atoms with Crippen molar-refractivity contribution in [1.29, 1.82) is 0 Å². The Labute approximate surface area is 184 Å². The topological polar surface area (TPSA) is 59.2 Å². The van der Waals surface area contributed by atoms with E-state index in [2.05, 4.69) is 5.32 Å². The predicted octanol–water partition coefficient (Wildman–Crippen LogP) is 3.66. The van der Waals surface area contributed by atoms with E-state index in [-0.39, 0.29) is 24.5 Å². The largest absolute Gasteiger partial charge is 0.389 e. The highest BCUT2D eigenvalue weighted by Crippen LogP contribution is 2.29. The molecule has 4 aromatic rings. The molecule has 0 bridgehead atoms. The van der Waals surface area contributed by atoms with Crippen LogP contribution in [-0.2, 0) is 0 Å². The summed E-state index contributed by atoms with van der Waals surface area (Å²) in [6.45, 7) is 0.125. The zero-order valence-corrected chi connectivity index (χ0v) is 17.5. The van der Waals surface area contributed by atoms with Crippen molar-refractivity contribution in [3.05, 3.63) is 100 Å². The van der Waals surface area contributed by atoms with Gasteiger partial charge < -0.3 is 10.4 Å². The van der Waals surface area contributed by atoms with Gasteiger partial charge in [-0.3, -0.25) is 9.13 Å². The summed E-state index contributed by atoms with van der Waals surface area (Å²) in [6.07, 6.45) is -1.11. The molecule has 31 heavy (non-hydrogen) atoms. The van der Waals surface area contributed by atoms with Crippen LogP contribution in [0.4, 0.5) is 8.78 Å². The van der Waals surface area contributed by atoms with Crippen LogP contribution in [0.2, 0.25) is 0 Å². The Bertz CT molecular complexity index is 1240. The molecule has 0 spiro atoms. The summed E-state index contributed by atoms with van der Waals surface area (Å²) in [5.74, 6) is -1.10. The zero-order chi connectivity index (χ0) is 21.3. The molecule has 1 aromatic heterocycles. The number of aromatic nitrogens is 2. The number of para-hydroxylation sites is 2. The maximum atomic E-state index is 15.0. The third-order valence-corrected chi connectivity index (χ3v) is 5.11. The normalized spacial score (nSPS) is 13.0. The molecule has 0 saturated heterocycles. The highest BCUT2D eigenvalue weighted by Gasteiger charge is 2.30. The second-order valence-corrected chi connectivity index (χ2v) is 7.06. The molecule has 0 amide bonds. The smallest absolute Gasteiger partial charge is 0.334 e. The number of aliphatic hydroxyl groups is 1. The molecule has 0 aliphatic heterocycles. The van der Waals surface area contributed by atoms with E-state index in [9.17, 15) is 14.3 Å². The maximum absolute atomic E-state index is 15.0. The van der Waals surface area contributed by atoms with Crippen molar-refractivity contribution >= 4 is 23.4 Å². The predicted molar refractivity (Wildman–Crippen MR) is 119 cm³/mol. The molecule has 0 aliphatic rings. The van der Waals surface area contributed by atoms with Crippen LogP contribution in [0.5, 0.6) is 0 Å². The van der Waals surface area contributed by atoms with Crippen LogP contribution in [0.25, 0.3) is 16.7 Å². The molecule has 0 aliphatic carbocycles. The van der Waals surface area contributed by atoms with E-state index >= 15 is 4.39 Å². The molecule has 8 heteroatoms. The summed E-state index contributed by atoms with van der Waals surface area (Å²) in [4.78, 5) is 13.6. The standard InChI is InChI=1S/C23H21F2N3O2.ClH/c1-26-14-20(29)21(15-7-5-8-16(24)13-15)28-22-18(25)11-6-12-19(22)27(23(28)30)17-9-3-2-4-10-17;/h2-13,20-21,26,29H,14H2,1H3;1H/t20-,21+;/m1./s1. The average Bonchev–Trinajstić information content (AvgIpc) is 3.02. The first-order chi connectivity index (χ1) is 14.5. The summed E-state index contributed by atoms with van der Waals surface area (Å²) in [6, 6.07) is 18.0. The Morgan fingerprint density at radius 3 is 2.39 bits per heavy atom. The van der Waals surface area contributed by atoms with Crippen molar-refractivity contribution in [3.8, 4) is 5.69 Å². The van der Waals surface area contributed by atoms with Crippen molar-refractivity contribution in [2.75, 3.05) is 13.6 Å². The van der Waals surface area contributed by atoms with Crippen LogP contribution < -0.4 is 11.0 Å². The van der Waals surface area contributed by atoms with Gasteiger partial charge in [0, 0.05) is 6.54 Å². The van der Waals surface area contributed by atoms with Gasteiger partial charge >= 0.3 is 5.69 Å². The minimum atomic E-state index is -1.11. The van der Waals surface area contributed by atoms with E-state index in [0.29, 0.717) is 16.8 Å².